The zero-order valence-electron chi connectivity index (χ0n) is 13.4. The second kappa shape index (κ2) is 6.87. The number of fused-ring (bicyclic) bond motifs is 1. The standard InChI is InChI=1S/C18H17N3O3/c1-23-14-5-3-12(4-6-14)18(22)21-20-11-13-10-19-17-8-7-15(24-2)9-16(13)17/h3-11,19H,1-2H3,(H,21,22)/b20-11+. The van der Waals surface area contributed by atoms with E-state index in [1.807, 2.05) is 24.4 Å². The monoisotopic (exact) mass is 323 g/mol. The highest BCUT2D eigenvalue weighted by atomic mass is 16.5. The van der Waals surface area contributed by atoms with Crippen LogP contribution in [-0.2, 0) is 0 Å². The number of aromatic amines is 1. The summed E-state index contributed by atoms with van der Waals surface area (Å²) in [4.78, 5) is 15.2. The van der Waals surface area contributed by atoms with Crippen LogP contribution in [0.25, 0.3) is 10.9 Å². The number of H-pyrrole nitrogens is 1. The maximum atomic E-state index is 12.0. The van der Waals surface area contributed by atoms with E-state index in [9.17, 15) is 4.79 Å². The van der Waals surface area contributed by atoms with E-state index in [0.29, 0.717) is 11.3 Å². The summed E-state index contributed by atoms with van der Waals surface area (Å²) in [7, 11) is 3.20. The topological polar surface area (TPSA) is 75.7 Å². The second-order valence-electron chi connectivity index (χ2n) is 5.08. The van der Waals surface area contributed by atoms with Gasteiger partial charge in [-0.05, 0) is 42.5 Å². The Balaban J connectivity index is 1.72. The van der Waals surface area contributed by atoms with Crippen molar-refractivity contribution in [2.24, 2.45) is 5.10 Å². The highest BCUT2D eigenvalue weighted by Crippen LogP contribution is 2.22. The summed E-state index contributed by atoms with van der Waals surface area (Å²) in [5.41, 5.74) is 4.85. The van der Waals surface area contributed by atoms with Gasteiger partial charge >= 0.3 is 0 Å². The van der Waals surface area contributed by atoms with Gasteiger partial charge in [0.25, 0.3) is 5.91 Å². The van der Waals surface area contributed by atoms with Gasteiger partial charge in [0.2, 0.25) is 0 Å². The van der Waals surface area contributed by atoms with Crippen molar-refractivity contribution in [2.45, 2.75) is 0 Å². The molecule has 0 atom stereocenters. The third-order valence-corrected chi connectivity index (χ3v) is 3.64. The first-order valence-electron chi connectivity index (χ1n) is 7.34. The Kier molecular flexibility index (Phi) is 4.47. The van der Waals surface area contributed by atoms with Crippen LogP contribution in [0.1, 0.15) is 15.9 Å². The van der Waals surface area contributed by atoms with Crippen LogP contribution in [-0.4, -0.2) is 31.3 Å². The van der Waals surface area contributed by atoms with Crippen molar-refractivity contribution in [2.75, 3.05) is 14.2 Å². The molecule has 0 unspecified atom stereocenters. The van der Waals surface area contributed by atoms with Gasteiger partial charge in [-0.1, -0.05) is 0 Å². The molecule has 1 heterocycles. The number of hydrazone groups is 1. The summed E-state index contributed by atoms with van der Waals surface area (Å²) >= 11 is 0. The summed E-state index contributed by atoms with van der Waals surface area (Å²) in [5, 5.41) is 4.99. The Morgan fingerprint density at radius 3 is 2.50 bits per heavy atom. The van der Waals surface area contributed by atoms with Crippen LogP contribution in [0.4, 0.5) is 0 Å². The lowest BCUT2D eigenvalue weighted by Crippen LogP contribution is -2.17. The van der Waals surface area contributed by atoms with Crippen molar-refractivity contribution >= 4 is 23.0 Å². The second-order valence-corrected chi connectivity index (χ2v) is 5.08. The number of hydrogen-bond acceptors (Lipinski definition) is 4. The Morgan fingerprint density at radius 1 is 1.08 bits per heavy atom. The summed E-state index contributed by atoms with van der Waals surface area (Å²) in [5.74, 6) is 1.17. The van der Waals surface area contributed by atoms with Gasteiger partial charge in [-0.25, -0.2) is 5.43 Å². The first-order chi connectivity index (χ1) is 11.7. The number of carbonyl (C=O) groups is 1. The molecule has 2 N–H and O–H groups in total. The number of carbonyl (C=O) groups excluding carboxylic acids is 1. The molecule has 2 aromatic carbocycles. The van der Waals surface area contributed by atoms with Crippen molar-refractivity contribution in [3.8, 4) is 11.5 Å². The van der Waals surface area contributed by atoms with Crippen LogP contribution in [0.5, 0.6) is 11.5 Å². The van der Waals surface area contributed by atoms with E-state index in [1.54, 1.807) is 44.7 Å². The van der Waals surface area contributed by atoms with Gasteiger partial charge < -0.3 is 14.5 Å². The molecule has 122 valence electrons. The average Bonchev–Trinajstić information content (AvgIpc) is 3.04. The van der Waals surface area contributed by atoms with E-state index in [2.05, 4.69) is 15.5 Å². The normalized spacial score (nSPS) is 10.9. The fourth-order valence-electron chi connectivity index (χ4n) is 2.32. The lowest BCUT2D eigenvalue weighted by Gasteiger charge is -2.02. The number of hydrogen-bond donors (Lipinski definition) is 2. The van der Waals surface area contributed by atoms with E-state index in [0.717, 1.165) is 22.2 Å². The fraction of sp³-hybridized carbons (Fsp3) is 0.111. The molecule has 0 radical (unpaired) electrons. The number of nitrogens with one attached hydrogen (secondary N) is 2. The summed E-state index contributed by atoms with van der Waals surface area (Å²) < 4.78 is 10.3. The molecule has 24 heavy (non-hydrogen) atoms. The molecule has 6 nitrogen and oxygen atoms in total. The van der Waals surface area contributed by atoms with Crippen molar-refractivity contribution in [3.05, 3.63) is 59.8 Å². The lowest BCUT2D eigenvalue weighted by molar-refractivity contribution is 0.0955. The highest BCUT2D eigenvalue weighted by molar-refractivity contribution is 6.00. The maximum absolute atomic E-state index is 12.0. The first kappa shape index (κ1) is 15.6. The first-order valence-corrected chi connectivity index (χ1v) is 7.34. The van der Waals surface area contributed by atoms with Gasteiger partial charge in [0.05, 0.1) is 20.4 Å². The van der Waals surface area contributed by atoms with Gasteiger partial charge in [-0.2, -0.15) is 5.10 Å². The minimum absolute atomic E-state index is 0.286. The van der Waals surface area contributed by atoms with Gasteiger partial charge in [0.1, 0.15) is 11.5 Å². The molecule has 0 bridgehead atoms. The summed E-state index contributed by atoms with van der Waals surface area (Å²) in [6, 6.07) is 12.5. The number of benzene rings is 2. The van der Waals surface area contributed by atoms with E-state index in [-0.39, 0.29) is 5.91 Å². The van der Waals surface area contributed by atoms with Crippen LogP contribution in [0, 0.1) is 0 Å². The van der Waals surface area contributed by atoms with E-state index >= 15 is 0 Å². The van der Waals surface area contributed by atoms with E-state index < -0.39 is 0 Å². The number of methoxy groups -OCH3 is 2. The van der Waals surface area contributed by atoms with Gasteiger partial charge in [0.15, 0.2) is 0 Å². The number of rotatable bonds is 5. The predicted octanol–water partition coefficient (Wildman–Crippen LogP) is 2.95. The van der Waals surface area contributed by atoms with E-state index in [4.69, 9.17) is 9.47 Å². The molecule has 1 aromatic heterocycles. The number of ether oxygens (including phenoxy) is 2. The molecule has 0 aliphatic rings. The Labute approximate surface area is 139 Å². The fourth-order valence-corrected chi connectivity index (χ4v) is 2.32. The van der Waals surface area contributed by atoms with Crippen molar-refractivity contribution < 1.29 is 14.3 Å². The highest BCUT2D eigenvalue weighted by Gasteiger charge is 2.05. The Morgan fingerprint density at radius 2 is 1.79 bits per heavy atom. The molecule has 1 amide bonds. The molecule has 0 aliphatic heterocycles. The lowest BCUT2D eigenvalue weighted by atomic mass is 10.2. The zero-order chi connectivity index (χ0) is 16.9. The Bertz CT molecular complexity index is 882. The smallest absolute Gasteiger partial charge is 0.271 e. The SMILES string of the molecule is COc1ccc(C(=O)N/N=C/c2c[nH]c3ccc(OC)cc23)cc1. The van der Waals surface area contributed by atoms with Crippen LogP contribution in [0.15, 0.2) is 53.8 Å². The van der Waals surface area contributed by atoms with Gasteiger partial charge in [-0.15, -0.1) is 0 Å². The minimum Gasteiger partial charge on any atom is -0.497 e. The molecule has 3 aromatic rings. The summed E-state index contributed by atoms with van der Waals surface area (Å²) in [6.45, 7) is 0. The number of aromatic nitrogens is 1. The van der Waals surface area contributed by atoms with Crippen molar-refractivity contribution in [1.29, 1.82) is 0 Å². The number of amides is 1. The molecule has 6 heteroatoms. The molecule has 0 spiro atoms. The maximum Gasteiger partial charge on any atom is 0.271 e. The van der Waals surface area contributed by atoms with Gasteiger partial charge in [-0.3, -0.25) is 4.79 Å². The molecular formula is C18H17N3O3. The summed E-state index contributed by atoms with van der Waals surface area (Å²) in [6.07, 6.45) is 3.42. The zero-order valence-corrected chi connectivity index (χ0v) is 13.4. The average molecular weight is 323 g/mol. The van der Waals surface area contributed by atoms with Crippen LogP contribution >= 0.6 is 0 Å². The van der Waals surface area contributed by atoms with Crippen LogP contribution < -0.4 is 14.9 Å². The third kappa shape index (κ3) is 3.22. The molecule has 0 fully saturated rings. The molecule has 0 aliphatic carbocycles. The number of nitrogens with zero attached hydrogens (tertiary/aromatic N) is 1. The van der Waals surface area contributed by atoms with E-state index in [1.165, 1.54) is 0 Å². The van der Waals surface area contributed by atoms with Crippen molar-refractivity contribution in [3.63, 3.8) is 0 Å². The molecule has 0 saturated heterocycles. The molecule has 0 saturated carbocycles. The van der Waals surface area contributed by atoms with Gasteiger partial charge in [0, 0.05) is 28.2 Å². The van der Waals surface area contributed by atoms with Crippen LogP contribution in [0.3, 0.4) is 0 Å². The van der Waals surface area contributed by atoms with Crippen LogP contribution in [0.2, 0.25) is 0 Å². The van der Waals surface area contributed by atoms with Crippen molar-refractivity contribution in [1.82, 2.24) is 10.4 Å². The quantitative estimate of drug-likeness (QED) is 0.560. The predicted molar refractivity (Wildman–Crippen MR) is 92.9 cm³/mol. The molecule has 3 rings (SSSR count). The third-order valence-electron chi connectivity index (χ3n) is 3.64. The molecular weight excluding hydrogens is 306 g/mol. The largest absolute Gasteiger partial charge is 0.497 e. The minimum atomic E-state index is -0.286. The Hall–Kier alpha value is -3.28.